The van der Waals surface area contributed by atoms with E-state index in [2.05, 4.69) is 11.8 Å². The topological polar surface area (TPSA) is 20.3 Å². The lowest BCUT2D eigenvalue weighted by molar-refractivity contribution is -0.126. The third kappa shape index (κ3) is 3.31. The number of rotatable bonds is 5. The van der Waals surface area contributed by atoms with Gasteiger partial charge in [-0.25, -0.2) is 0 Å². The Hall–Kier alpha value is -0.370. The van der Waals surface area contributed by atoms with Crippen molar-refractivity contribution in [2.45, 2.75) is 70.8 Å². The van der Waals surface area contributed by atoms with Crippen molar-refractivity contribution in [3.05, 3.63) is 0 Å². The Morgan fingerprint density at radius 3 is 2.82 bits per heavy atom. The highest BCUT2D eigenvalue weighted by molar-refractivity contribution is 5.82. The molecule has 0 aromatic heterocycles. The highest BCUT2D eigenvalue weighted by Gasteiger charge is 2.36. The molecule has 98 valence electrons. The van der Waals surface area contributed by atoms with Crippen molar-refractivity contribution in [1.29, 1.82) is 0 Å². The van der Waals surface area contributed by atoms with Crippen molar-refractivity contribution >= 4 is 5.78 Å². The van der Waals surface area contributed by atoms with Gasteiger partial charge in [-0.1, -0.05) is 26.2 Å². The maximum Gasteiger partial charge on any atom is 0.137 e. The van der Waals surface area contributed by atoms with Gasteiger partial charge >= 0.3 is 0 Å². The van der Waals surface area contributed by atoms with Crippen LogP contribution in [0.4, 0.5) is 0 Å². The highest BCUT2D eigenvalue weighted by atomic mass is 16.1. The lowest BCUT2D eigenvalue weighted by Gasteiger charge is -2.33. The Morgan fingerprint density at radius 1 is 1.18 bits per heavy atom. The van der Waals surface area contributed by atoms with Gasteiger partial charge < -0.3 is 0 Å². The van der Waals surface area contributed by atoms with E-state index in [1.807, 2.05) is 0 Å². The molecule has 2 nitrogen and oxygen atoms in total. The minimum Gasteiger partial charge on any atom is -0.300 e. The van der Waals surface area contributed by atoms with Crippen molar-refractivity contribution in [1.82, 2.24) is 4.90 Å². The maximum atomic E-state index is 12.0. The quantitative estimate of drug-likeness (QED) is 0.683. The van der Waals surface area contributed by atoms with E-state index in [0.29, 0.717) is 17.7 Å². The molecule has 0 aromatic carbocycles. The predicted octanol–water partition coefficient (Wildman–Crippen LogP) is 3.40. The molecule has 1 aliphatic heterocycles. The van der Waals surface area contributed by atoms with Gasteiger partial charge in [0.2, 0.25) is 0 Å². The lowest BCUT2D eigenvalue weighted by Crippen LogP contribution is -2.41. The van der Waals surface area contributed by atoms with E-state index in [4.69, 9.17) is 0 Å². The second-order valence-corrected chi connectivity index (χ2v) is 5.77. The number of likely N-dealkylation sites (tertiary alicyclic amines) is 1. The van der Waals surface area contributed by atoms with Crippen molar-refractivity contribution in [3.8, 4) is 0 Å². The van der Waals surface area contributed by atoms with Crippen LogP contribution < -0.4 is 0 Å². The number of carbonyl (C=O) groups excluding carboxylic acids is 1. The number of carbonyl (C=O) groups is 1. The molecule has 0 radical (unpaired) electrons. The van der Waals surface area contributed by atoms with Crippen LogP contribution in [0, 0.1) is 5.92 Å². The molecule has 17 heavy (non-hydrogen) atoms. The first-order valence-electron chi connectivity index (χ1n) is 7.59. The third-order valence-corrected chi connectivity index (χ3v) is 4.53. The Balaban J connectivity index is 1.86. The Kier molecular flexibility index (Phi) is 5.02. The molecule has 0 amide bonds. The lowest BCUT2D eigenvalue weighted by atomic mass is 9.82. The Morgan fingerprint density at radius 2 is 2.06 bits per heavy atom. The van der Waals surface area contributed by atoms with Crippen molar-refractivity contribution in [3.63, 3.8) is 0 Å². The van der Waals surface area contributed by atoms with Gasteiger partial charge in [0.25, 0.3) is 0 Å². The van der Waals surface area contributed by atoms with Crippen molar-refractivity contribution in [2.75, 3.05) is 13.1 Å². The average Bonchev–Trinajstić information content (AvgIpc) is 2.78. The van der Waals surface area contributed by atoms with Gasteiger partial charge in [-0.2, -0.15) is 0 Å². The molecule has 2 aliphatic rings. The summed E-state index contributed by atoms with van der Waals surface area (Å²) in [6.07, 6.45) is 10.9. The molecule has 0 spiro atoms. The summed E-state index contributed by atoms with van der Waals surface area (Å²) < 4.78 is 0. The fraction of sp³-hybridized carbons (Fsp3) is 0.933. The molecular weight excluding hydrogens is 210 g/mol. The first kappa shape index (κ1) is 13.1. The van der Waals surface area contributed by atoms with Gasteiger partial charge in [0, 0.05) is 18.4 Å². The maximum absolute atomic E-state index is 12.0. The minimum atomic E-state index is 0.382. The molecule has 1 saturated carbocycles. The summed E-state index contributed by atoms with van der Waals surface area (Å²) in [7, 11) is 0. The van der Waals surface area contributed by atoms with Gasteiger partial charge in [0.15, 0.2) is 0 Å². The van der Waals surface area contributed by atoms with Crippen molar-refractivity contribution < 1.29 is 4.79 Å². The monoisotopic (exact) mass is 237 g/mol. The summed E-state index contributed by atoms with van der Waals surface area (Å²) in [6, 6.07) is 0.597. The van der Waals surface area contributed by atoms with Crippen LogP contribution in [0.2, 0.25) is 0 Å². The van der Waals surface area contributed by atoms with E-state index >= 15 is 0 Å². The summed E-state index contributed by atoms with van der Waals surface area (Å²) in [4.78, 5) is 14.6. The van der Waals surface area contributed by atoms with Crippen LogP contribution in [-0.4, -0.2) is 29.8 Å². The van der Waals surface area contributed by atoms with E-state index < -0.39 is 0 Å². The summed E-state index contributed by atoms with van der Waals surface area (Å²) in [5.74, 6) is 0.941. The fourth-order valence-electron chi connectivity index (χ4n) is 3.57. The van der Waals surface area contributed by atoms with E-state index in [-0.39, 0.29) is 0 Å². The summed E-state index contributed by atoms with van der Waals surface area (Å²) in [6.45, 7) is 4.71. The first-order valence-corrected chi connectivity index (χ1v) is 7.59. The van der Waals surface area contributed by atoms with E-state index in [0.717, 1.165) is 19.3 Å². The zero-order chi connectivity index (χ0) is 12.1. The molecule has 2 fully saturated rings. The van der Waals surface area contributed by atoms with E-state index in [1.54, 1.807) is 0 Å². The third-order valence-electron chi connectivity index (χ3n) is 4.53. The first-order chi connectivity index (χ1) is 8.33. The number of unbranched alkanes of at least 4 members (excludes halogenated alkanes) is 2. The van der Waals surface area contributed by atoms with Gasteiger partial charge in [0.1, 0.15) is 5.78 Å². The van der Waals surface area contributed by atoms with E-state index in [9.17, 15) is 4.79 Å². The van der Waals surface area contributed by atoms with Gasteiger partial charge in [0.05, 0.1) is 0 Å². The molecule has 0 aromatic rings. The summed E-state index contributed by atoms with van der Waals surface area (Å²) >= 11 is 0. The Labute approximate surface area is 106 Å². The van der Waals surface area contributed by atoms with Crippen LogP contribution in [0.25, 0.3) is 0 Å². The summed E-state index contributed by atoms with van der Waals surface area (Å²) in [5.41, 5.74) is 0. The van der Waals surface area contributed by atoms with Crippen LogP contribution >= 0.6 is 0 Å². The summed E-state index contributed by atoms with van der Waals surface area (Å²) in [5, 5.41) is 0. The SMILES string of the molecule is CCCCCN1CCCC1C1CCCCC1=O. The van der Waals surface area contributed by atoms with Gasteiger partial charge in [-0.05, 0) is 45.2 Å². The number of hydrogen-bond donors (Lipinski definition) is 0. The molecule has 1 aliphatic carbocycles. The number of nitrogens with zero attached hydrogens (tertiary/aromatic N) is 1. The standard InChI is InChI=1S/C15H27NO/c1-2-3-6-11-16-12-7-9-14(16)13-8-4-5-10-15(13)17/h13-14H,2-12H2,1H3. The van der Waals surface area contributed by atoms with Crippen LogP contribution in [0.5, 0.6) is 0 Å². The largest absolute Gasteiger partial charge is 0.300 e. The fourth-order valence-corrected chi connectivity index (χ4v) is 3.57. The highest BCUT2D eigenvalue weighted by Crippen LogP contribution is 2.32. The molecule has 0 bridgehead atoms. The van der Waals surface area contributed by atoms with Crippen LogP contribution in [0.1, 0.15) is 64.7 Å². The average molecular weight is 237 g/mol. The predicted molar refractivity (Wildman–Crippen MR) is 71.1 cm³/mol. The molecule has 2 unspecified atom stereocenters. The molecule has 2 rings (SSSR count). The molecule has 2 atom stereocenters. The van der Waals surface area contributed by atoms with E-state index in [1.165, 1.54) is 51.6 Å². The van der Waals surface area contributed by atoms with Gasteiger partial charge in [-0.15, -0.1) is 0 Å². The smallest absolute Gasteiger partial charge is 0.137 e. The normalized spacial score (nSPS) is 31.0. The number of hydrogen-bond acceptors (Lipinski definition) is 2. The molecule has 0 N–H and O–H groups in total. The number of ketones is 1. The molecule has 1 heterocycles. The molecule has 2 heteroatoms. The zero-order valence-electron chi connectivity index (χ0n) is 11.3. The zero-order valence-corrected chi connectivity index (χ0v) is 11.3. The van der Waals surface area contributed by atoms with Crippen LogP contribution in [0.3, 0.4) is 0 Å². The number of Topliss-reactive ketones (excluding diaryl/α,β-unsaturated/α-hetero) is 1. The second kappa shape index (κ2) is 6.53. The van der Waals surface area contributed by atoms with Crippen LogP contribution in [-0.2, 0) is 4.79 Å². The van der Waals surface area contributed by atoms with Crippen LogP contribution in [0.15, 0.2) is 0 Å². The minimum absolute atomic E-state index is 0.382. The van der Waals surface area contributed by atoms with Gasteiger partial charge in [-0.3, -0.25) is 9.69 Å². The Bertz CT molecular complexity index is 251. The van der Waals surface area contributed by atoms with Crippen molar-refractivity contribution in [2.24, 2.45) is 5.92 Å². The second-order valence-electron chi connectivity index (χ2n) is 5.77. The molecular formula is C15H27NO. The molecule has 1 saturated heterocycles.